The fourth-order valence-corrected chi connectivity index (χ4v) is 1.83. The van der Waals surface area contributed by atoms with E-state index < -0.39 is 0 Å². The van der Waals surface area contributed by atoms with Crippen LogP contribution in [-0.4, -0.2) is 18.8 Å². The Morgan fingerprint density at radius 2 is 2.12 bits per heavy atom. The maximum absolute atomic E-state index is 5.93. The second kappa shape index (κ2) is 6.02. The molecule has 1 heterocycles. The number of hydrogen-bond acceptors (Lipinski definition) is 2. The Hall–Kier alpha value is -0.860. The number of benzene rings is 1. The zero-order valence-electron chi connectivity index (χ0n) is 9.89. The molecule has 2 nitrogen and oxygen atoms in total. The van der Waals surface area contributed by atoms with Crippen LogP contribution in [0, 0.1) is 0 Å². The van der Waals surface area contributed by atoms with Crippen molar-refractivity contribution >= 4 is 0 Å². The first-order chi connectivity index (χ1) is 7.90. The van der Waals surface area contributed by atoms with Crippen molar-refractivity contribution in [3.05, 3.63) is 35.9 Å². The molecule has 0 amide bonds. The summed E-state index contributed by atoms with van der Waals surface area (Å²) in [6.07, 6.45) is 4.21. The molecule has 0 aromatic heterocycles. The fraction of sp³-hybridized carbons (Fsp3) is 0.571. The van der Waals surface area contributed by atoms with E-state index in [0.717, 1.165) is 13.0 Å². The van der Waals surface area contributed by atoms with Gasteiger partial charge in [0.05, 0.1) is 19.3 Å². The molecule has 1 aromatic rings. The average molecular weight is 220 g/mol. The fourth-order valence-electron chi connectivity index (χ4n) is 1.83. The van der Waals surface area contributed by atoms with Crippen LogP contribution < -0.4 is 0 Å². The van der Waals surface area contributed by atoms with Crippen molar-refractivity contribution in [1.29, 1.82) is 0 Å². The summed E-state index contributed by atoms with van der Waals surface area (Å²) in [5.74, 6) is 0. The zero-order chi connectivity index (χ0) is 11.2. The maximum atomic E-state index is 5.93. The minimum atomic E-state index is 0.292. The lowest BCUT2D eigenvalue weighted by atomic mass is 10.1. The topological polar surface area (TPSA) is 21.8 Å². The van der Waals surface area contributed by atoms with E-state index in [0.29, 0.717) is 18.8 Å². The normalized spacial score (nSPS) is 20.7. The number of hydrogen-bond donors (Lipinski definition) is 0. The van der Waals surface area contributed by atoms with Crippen molar-refractivity contribution in [1.82, 2.24) is 0 Å². The van der Waals surface area contributed by atoms with E-state index in [-0.39, 0.29) is 0 Å². The van der Waals surface area contributed by atoms with Crippen LogP contribution in [0.25, 0.3) is 0 Å². The van der Waals surface area contributed by atoms with Crippen LogP contribution in [0.3, 0.4) is 0 Å². The number of ether oxygens (including phenoxy) is 2. The smallest absolute Gasteiger partial charge is 0.107 e. The lowest BCUT2D eigenvalue weighted by Gasteiger charge is -2.15. The van der Waals surface area contributed by atoms with Gasteiger partial charge in [-0.25, -0.2) is 0 Å². The second-order valence-electron chi connectivity index (χ2n) is 4.35. The van der Waals surface area contributed by atoms with E-state index in [4.69, 9.17) is 9.47 Å². The van der Waals surface area contributed by atoms with Gasteiger partial charge in [-0.05, 0) is 12.0 Å². The van der Waals surface area contributed by atoms with Gasteiger partial charge in [0.25, 0.3) is 0 Å². The van der Waals surface area contributed by atoms with Gasteiger partial charge in [-0.1, -0.05) is 50.1 Å². The molecule has 16 heavy (non-hydrogen) atoms. The summed E-state index contributed by atoms with van der Waals surface area (Å²) < 4.78 is 11.3. The third kappa shape index (κ3) is 3.62. The molecule has 1 aliphatic rings. The summed E-state index contributed by atoms with van der Waals surface area (Å²) in [6.45, 7) is 3.79. The monoisotopic (exact) mass is 220 g/mol. The number of unbranched alkanes of at least 4 members (excludes halogenated alkanes) is 1. The van der Waals surface area contributed by atoms with Crippen molar-refractivity contribution in [2.24, 2.45) is 0 Å². The van der Waals surface area contributed by atoms with E-state index in [1.165, 1.54) is 18.4 Å². The van der Waals surface area contributed by atoms with Gasteiger partial charge in [-0.3, -0.25) is 0 Å². The summed E-state index contributed by atoms with van der Waals surface area (Å²) in [6, 6.07) is 10.3. The summed E-state index contributed by atoms with van der Waals surface area (Å²) in [7, 11) is 0. The van der Waals surface area contributed by atoms with Gasteiger partial charge in [0.15, 0.2) is 0 Å². The van der Waals surface area contributed by atoms with Crippen molar-refractivity contribution in [2.75, 3.05) is 6.61 Å². The van der Waals surface area contributed by atoms with Crippen LogP contribution in [0.15, 0.2) is 30.3 Å². The Morgan fingerprint density at radius 1 is 1.38 bits per heavy atom. The Labute approximate surface area is 97.6 Å². The predicted molar refractivity (Wildman–Crippen MR) is 64.3 cm³/mol. The first kappa shape index (κ1) is 11.6. The molecule has 2 unspecified atom stereocenters. The number of epoxide rings is 1. The minimum Gasteiger partial charge on any atom is -0.371 e. The SMILES string of the molecule is CCCCC(OCc1ccccc1)C1CO1. The minimum absolute atomic E-state index is 0.292. The van der Waals surface area contributed by atoms with Gasteiger partial charge in [0, 0.05) is 0 Å². The molecule has 88 valence electrons. The molecular weight excluding hydrogens is 200 g/mol. The first-order valence-electron chi connectivity index (χ1n) is 6.17. The quantitative estimate of drug-likeness (QED) is 0.658. The van der Waals surface area contributed by atoms with Crippen LogP contribution >= 0.6 is 0 Å². The van der Waals surface area contributed by atoms with Crippen molar-refractivity contribution < 1.29 is 9.47 Å². The molecule has 2 heteroatoms. The lowest BCUT2D eigenvalue weighted by Crippen LogP contribution is -2.19. The Bertz CT molecular complexity index is 293. The molecule has 0 radical (unpaired) electrons. The van der Waals surface area contributed by atoms with E-state index >= 15 is 0 Å². The maximum Gasteiger partial charge on any atom is 0.107 e. The molecule has 1 aromatic carbocycles. The first-order valence-corrected chi connectivity index (χ1v) is 6.17. The number of rotatable bonds is 7. The largest absolute Gasteiger partial charge is 0.371 e. The van der Waals surface area contributed by atoms with E-state index in [1.807, 2.05) is 18.2 Å². The van der Waals surface area contributed by atoms with Crippen molar-refractivity contribution in [3.63, 3.8) is 0 Å². The molecule has 2 rings (SSSR count). The molecule has 0 spiro atoms. The van der Waals surface area contributed by atoms with E-state index in [2.05, 4.69) is 19.1 Å². The third-order valence-corrected chi connectivity index (χ3v) is 2.92. The van der Waals surface area contributed by atoms with Crippen LogP contribution in [-0.2, 0) is 16.1 Å². The highest BCUT2D eigenvalue weighted by molar-refractivity contribution is 5.13. The second-order valence-corrected chi connectivity index (χ2v) is 4.35. The van der Waals surface area contributed by atoms with Crippen LogP contribution in [0.2, 0.25) is 0 Å². The van der Waals surface area contributed by atoms with Crippen LogP contribution in [0.5, 0.6) is 0 Å². The van der Waals surface area contributed by atoms with Gasteiger partial charge in [-0.2, -0.15) is 0 Å². The molecule has 2 atom stereocenters. The van der Waals surface area contributed by atoms with Gasteiger partial charge < -0.3 is 9.47 Å². The standard InChI is InChI=1S/C14H20O2/c1-2-3-9-13(14-11-16-14)15-10-12-7-5-4-6-8-12/h4-8,13-14H,2-3,9-11H2,1H3. The third-order valence-electron chi connectivity index (χ3n) is 2.92. The highest BCUT2D eigenvalue weighted by atomic mass is 16.6. The van der Waals surface area contributed by atoms with Crippen molar-refractivity contribution in [2.45, 2.75) is 45.0 Å². The van der Waals surface area contributed by atoms with Gasteiger partial charge in [-0.15, -0.1) is 0 Å². The molecular formula is C14H20O2. The van der Waals surface area contributed by atoms with Gasteiger partial charge >= 0.3 is 0 Å². The molecule has 0 N–H and O–H groups in total. The highest BCUT2D eigenvalue weighted by Crippen LogP contribution is 2.22. The summed E-state index contributed by atoms with van der Waals surface area (Å²) >= 11 is 0. The molecule has 0 saturated carbocycles. The Kier molecular flexibility index (Phi) is 4.37. The van der Waals surface area contributed by atoms with E-state index in [9.17, 15) is 0 Å². The molecule has 1 aliphatic heterocycles. The van der Waals surface area contributed by atoms with E-state index in [1.54, 1.807) is 0 Å². The van der Waals surface area contributed by atoms with Crippen molar-refractivity contribution in [3.8, 4) is 0 Å². The highest BCUT2D eigenvalue weighted by Gasteiger charge is 2.32. The lowest BCUT2D eigenvalue weighted by molar-refractivity contribution is 0.0151. The van der Waals surface area contributed by atoms with Crippen LogP contribution in [0.1, 0.15) is 31.7 Å². The van der Waals surface area contributed by atoms with Gasteiger partial charge in [0.2, 0.25) is 0 Å². The molecule has 0 aliphatic carbocycles. The molecule has 0 bridgehead atoms. The van der Waals surface area contributed by atoms with Gasteiger partial charge in [0.1, 0.15) is 6.10 Å². The Morgan fingerprint density at radius 3 is 2.75 bits per heavy atom. The summed E-state index contributed by atoms with van der Waals surface area (Å²) in [5.41, 5.74) is 1.24. The Balaban J connectivity index is 1.77. The molecule has 1 saturated heterocycles. The summed E-state index contributed by atoms with van der Waals surface area (Å²) in [5, 5.41) is 0. The van der Waals surface area contributed by atoms with Crippen LogP contribution in [0.4, 0.5) is 0 Å². The predicted octanol–water partition coefficient (Wildman–Crippen LogP) is 3.16. The summed E-state index contributed by atoms with van der Waals surface area (Å²) in [4.78, 5) is 0. The average Bonchev–Trinajstić information content (AvgIpc) is 3.15. The zero-order valence-corrected chi connectivity index (χ0v) is 9.89. The molecule has 1 fully saturated rings.